The average molecular weight is 626 g/mol. The molecule has 1 aromatic carbocycles. The number of amides is 3. The molecule has 2 N–H and O–H groups in total. The number of hydrogen-bond donors (Lipinski definition) is 2. The Kier molecular flexibility index (Phi) is 14.2. The van der Waals surface area contributed by atoms with Crippen LogP contribution in [-0.4, -0.2) is 115 Å². The highest BCUT2D eigenvalue weighted by Gasteiger charge is 2.31. The van der Waals surface area contributed by atoms with Crippen molar-refractivity contribution in [3.8, 4) is 5.75 Å². The number of aliphatic hydroxyl groups is 1. The fourth-order valence-electron chi connectivity index (χ4n) is 5.28. The van der Waals surface area contributed by atoms with Gasteiger partial charge in [-0.25, -0.2) is 0 Å². The van der Waals surface area contributed by atoms with Gasteiger partial charge in [0.05, 0.1) is 30.4 Å². The molecule has 0 fully saturated rings. The number of pyridine rings is 1. The van der Waals surface area contributed by atoms with Crippen LogP contribution in [0.2, 0.25) is 0 Å². The lowest BCUT2D eigenvalue weighted by molar-refractivity contribution is -0.132. The molecular weight excluding hydrogens is 574 g/mol. The van der Waals surface area contributed by atoms with Crippen LogP contribution in [0, 0.1) is 5.92 Å². The van der Waals surface area contributed by atoms with E-state index in [1.165, 1.54) is 0 Å². The number of rotatable bonds is 10. The van der Waals surface area contributed by atoms with E-state index in [4.69, 9.17) is 9.47 Å². The summed E-state index contributed by atoms with van der Waals surface area (Å²) in [4.78, 5) is 49.5. The molecule has 0 saturated heterocycles. The molecule has 0 aliphatic carbocycles. The van der Waals surface area contributed by atoms with Gasteiger partial charge in [0.25, 0.3) is 11.8 Å². The zero-order valence-electron chi connectivity index (χ0n) is 27.7. The van der Waals surface area contributed by atoms with Crippen LogP contribution in [0.4, 0.5) is 5.69 Å². The summed E-state index contributed by atoms with van der Waals surface area (Å²) in [5.74, 6) is -0.319. The van der Waals surface area contributed by atoms with E-state index in [2.05, 4.69) is 15.2 Å². The van der Waals surface area contributed by atoms with Gasteiger partial charge in [0.15, 0.2) is 0 Å². The summed E-state index contributed by atoms with van der Waals surface area (Å²) in [6, 6.07) is 7.79. The van der Waals surface area contributed by atoms with Gasteiger partial charge in [-0.2, -0.15) is 0 Å². The van der Waals surface area contributed by atoms with E-state index in [1.807, 2.05) is 27.9 Å². The van der Waals surface area contributed by atoms with Gasteiger partial charge in [-0.05, 0) is 90.5 Å². The zero-order chi connectivity index (χ0) is 32.9. The maximum absolute atomic E-state index is 14.3. The van der Waals surface area contributed by atoms with E-state index in [0.29, 0.717) is 42.1 Å². The van der Waals surface area contributed by atoms with Gasteiger partial charge in [0, 0.05) is 62.7 Å². The molecule has 0 spiro atoms. The van der Waals surface area contributed by atoms with Crippen LogP contribution in [0.5, 0.6) is 5.75 Å². The normalized spacial score (nSPS) is 20.5. The number of anilines is 1. The maximum atomic E-state index is 14.3. The topological polar surface area (TPSA) is 125 Å². The number of benzene rings is 1. The molecule has 3 amide bonds. The first-order valence-electron chi connectivity index (χ1n) is 15.9. The molecule has 11 heteroatoms. The maximum Gasteiger partial charge on any atom is 0.258 e. The smallest absolute Gasteiger partial charge is 0.258 e. The number of nitrogens with zero attached hydrogens (tertiary/aromatic N) is 4. The van der Waals surface area contributed by atoms with E-state index < -0.39 is 6.04 Å². The molecular formula is C34H51N5O6. The first-order valence-corrected chi connectivity index (χ1v) is 15.9. The van der Waals surface area contributed by atoms with E-state index in [9.17, 15) is 19.5 Å². The number of carbonyl (C=O) groups is 3. The summed E-state index contributed by atoms with van der Waals surface area (Å²) < 4.78 is 12.6. The lowest BCUT2D eigenvalue weighted by Crippen LogP contribution is -2.48. The Bertz CT molecular complexity index is 1240. The van der Waals surface area contributed by atoms with E-state index in [-0.39, 0.29) is 49.0 Å². The third-order valence-electron chi connectivity index (χ3n) is 8.13. The highest BCUT2D eigenvalue weighted by Crippen LogP contribution is 2.29. The van der Waals surface area contributed by atoms with Crippen LogP contribution < -0.4 is 10.1 Å². The predicted octanol–water partition coefficient (Wildman–Crippen LogP) is 3.93. The Morgan fingerprint density at radius 2 is 1.87 bits per heavy atom. The highest BCUT2D eigenvalue weighted by atomic mass is 16.5. The first-order chi connectivity index (χ1) is 21.5. The largest absolute Gasteiger partial charge is 0.490 e. The molecule has 0 saturated carbocycles. The van der Waals surface area contributed by atoms with Gasteiger partial charge in [0.2, 0.25) is 5.91 Å². The van der Waals surface area contributed by atoms with Gasteiger partial charge >= 0.3 is 0 Å². The number of nitrogens with one attached hydrogen (secondary N) is 1. The Labute approximate surface area is 267 Å². The molecule has 11 nitrogen and oxygen atoms in total. The lowest BCUT2D eigenvalue weighted by atomic mass is 10.0. The minimum absolute atomic E-state index is 0.0601. The van der Waals surface area contributed by atoms with Gasteiger partial charge in [-0.3, -0.25) is 19.4 Å². The average Bonchev–Trinajstić information content (AvgIpc) is 3.02. The van der Waals surface area contributed by atoms with Crippen molar-refractivity contribution < 1.29 is 29.0 Å². The van der Waals surface area contributed by atoms with Crippen molar-refractivity contribution >= 4 is 23.4 Å². The number of ether oxygens (including phenoxy) is 2. The standard InChI is InChI=1S/C34H51N5O6/c1-24-21-39(25(2)23-40)34(43)29-20-28(36-33(42)27-14-16-35-17-15-27)12-13-30(29)45-26(3)10-7-8-19-44-31(24)22-38(6)32(41)11-9-18-37(4)5/h12-17,20,24-26,31,40H,7-11,18-19,21-23H2,1-6H3,(H,36,42)/t24-,25+,26-,31+/m0/s1. The van der Waals surface area contributed by atoms with Crippen LogP contribution in [0.3, 0.4) is 0 Å². The Hall–Kier alpha value is -3.54. The third kappa shape index (κ3) is 11.1. The van der Waals surface area contributed by atoms with Crippen molar-refractivity contribution in [2.24, 2.45) is 5.92 Å². The van der Waals surface area contributed by atoms with Crippen LogP contribution in [0.1, 0.15) is 73.6 Å². The Morgan fingerprint density at radius 1 is 1.13 bits per heavy atom. The minimum Gasteiger partial charge on any atom is -0.490 e. The fraction of sp³-hybridized carbons (Fsp3) is 0.588. The van der Waals surface area contributed by atoms with Crippen molar-refractivity contribution in [1.82, 2.24) is 19.7 Å². The summed E-state index contributed by atoms with van der Waals surface area (Å²) in [6.45, 7) is 7.60. The number of aliphatic hydroxyl groups excluding tert-OH is 1. The van der Waals surface area contributed by atoms with Crippen molar-refractivity contribution in [2.75, 3.05) is 59.3 Å². The molecule has 0 radical (unpaired) electrons. The summed E-state index contributed by atoms with van der Waals surface area (Å²) >= 11 is 0. The molecule has 2 aromatic rings. The number of hydrogen-bond acceptors (Lipinski definition) is 8. The molecule has 1 aromatic heterocycles. The monoisotopic (exact) mass is 625 g/mol. The SMILES string of the molecule is C[C@H](CO)N1C[C@H](C)[C@@H](CN(C)C(=O)CCCN(C)C)OCCCC[C@H](C)Oc2ccc(NC(=O)c3ccncc3)cc2C1=O. The quantitative estimate of drug-likeness (QED) is 0.407. The fourth-order valence-corrected chi connectivity index (χ4v) is 5.28. The molecule has 4 atom stereocenters. The number of likely N-dealkylation sites (N-methyl/N-ethyl adjacent to an activating group) is 1. The Morgan fingerprint density at radius 3 is 2.56 bits per heavy atom. The zero-order valence-corrected chi connectivity index (χ0v) is 27.7. The summed E-state index contributed by atoms with van der Waals surface area (Å²) in [6.07, 6.45) is 6.31. The Balaban J connectivity index is 1.89. The summed E-state index contributed by atoms with van der Waals surface area (Å²) in [5, 5.41) is 13.1. The van der Waals surface area contributed by atoms with E-state index in [0.717, 1.165) is 32.2 Å². The van der Waals surface area contributed by atoms with E-state index in [1.54, 1.807) is 66.5 Å². The molecule has 248 valence electrons. The second kappa shape index (κ2) is 17.8. The second-order valence-corrected chi connectivity index (χ2v) is 12.4. The summed E-state index contributed by atoms with van der Waals surface area (Å²) in [5.41, 5.74) is 1.18. The van der Waals surface area contributed by atoms with Crippen LogP contribution >= 0.6 is 0 Å². The molecule has 1 aliphatic heterocycles. The number of fused-ring (bicyclic) bond motifs is 1. The van der Waals surface area contributed by atoms with Crippen molar-refractivity contribution in [3.05, 3.63) is 53.9 Å². The van der Waals surface area contributed by atoms with Crippen molar-refractivity contribution in [3.63, 3.8) is 0 Å². The number of aromatic nitrogens is 1. The van der Waals surface area contributed by atoms with Crippen LogP contribution in [0.15, 0.2) is 42.7 Å². The third-order valence-corrected chi connectivity index (χ3v) is 8.13. The second-order valence-electron chi connectivity index (χ2n) is 12.4. The molecule has 1 aliphatic rings. The van der Waals surface area contributed by atoms with Crippen LogP contribution in [0.25, 0.3) is 0 Å². The van der Waals surface area contributed by atoms with Crippen molar-refractivity contribution in [1.29, 1.82) is 0 Å². The van der Waals surface area contributed by atoms with Gasteiger partial charge in [0.1, 0.15) is 5.75 Å². The van der Waals surface area contributed by atoms with Gasteiger partial charge in [-0.15, -0.1) is 0 Å². The van der Waals surface area contributed by atoms with Crippen molar-refractivity contribution in [2.45, 2.75) is 71.1 Å². The molecule has 2 heterocycles. The minimum atomic E-state index is -0.501. The predicted molar refractivity (Wildman–Crippen MR) is 174 cm³/mol. The van der Waals surface area contributed by atoms with Crippen LogP contribution in [-0.2, 0) is 9.53 Å². The summed E-state index contributed by atoms with van der Waals surface area (Å²) in [7, 11) is 5.78. The molecule has 0 unspecified atom stereocenters. The van der Waals surface area contributed by atoms with Gasteiger partial charge < -0.3 is 34.6 Å². The lowest BCUT2D eigenvalue weighted by Gasteiger charge is -2.36. The van der Waals surface area contributed by atoms with E-state index >= 15 is 0 Å². The molecule has 45 heavy (non-hydrogen) atoms. The highest BCUT2D eigenvalue weighted by molar-refractivity contribution is 6.05. The molecule has 3 rings (SSSR count). The number of carbonyl (C=O) groups excluding carboxylic acids is 3. The van der Waals surface area contributed by atoms with Gasteiger partial charge in [-0.1, -0.05) is 6.92 Å². The first kappa shape index (κ1) is 35.9. The molecule has 0 bridgehead atoms.